The van der Waals surface area contributed by atoms with Gasteiger partial charge in [0.1, 0.15) is 6.61 Å². The van der Waals surface area contributed by atoms with E-state index < -0.39 is 4.92 Å². The van der Waals surface area contributed by atoms with Crippen LogP contribution in [0.5, 0.6) is 11.5 Å². The van der Waals surface area contributed by atoms with E-state index in [1.807, 2.05) is 17.9 Å². The van der Waals surface area contributed by atoms with E-state index in [-0.39, 0.29) is 24.7 Å². The van der Waals surface area contributed by atoms with Crippen molar-refractivity contribution in [2.75, 3.05) is 39.5 Å². The van der Waals surface area contributed by atoms with E-state index in [1.54, 1.807) is 24.4 Å². The van der Waals surface area contributed by atoms with E-state index in [0.29, 0.717) is 36.9 Å². The molecule has 11 heteroatoms. The van der Waals surface area contributed by atoms with Crippen LogP contribution in [-0.4, -0.2) is 61.4 Å². The highest BCUT2D eigenvalue weighted by Crippen LogP contribution is 2.34. The zero-order valence-corrected chi connectivity index (χ0v) is 20.3. The number of nitro groups is 1. The third-order valence-corrected chi connectivity index (χ3v) is 5.51. The molecule has 0 aliphatic carbocycles. The molecular formula is C22H25IN4O6. The average molecular weight is 568 g/mol. The molecule has 3 rings (SSSR count). The molecule has 1 amide bonds. The van der Waals surface area contributed by atoms with Crippen molar-refractivity contribution in [3.63, 3.8) is 0 Å². The summed E-state index contributed by atoms with van der Waals surface area (Å²) in [6.45, 7) is 5.44. The molecule has 33 heavy (non-hydrogen) atoms. The summed E-state index contributed by atoms with van der Waals surface area (Å²) in [7, 11) is 0. The Kier molecular flexibility index (Phi) is 9.39. The largest absolute Gasteiger partial charge is 0.490 e. The maximum Gasteiger partial charge on any atom is 0.269 e. The lowest BCUT2D eigenvalue weighted by molar-refractivity contribution is -0.384. The molecule has 0 spiro atoms. The van der Waals surface area contributed by atoms with Gasteiger partial charge in [0.05, 0.1) is 41.1 Å². The molecule has 10 nitrogen and oxygen atoms in total. The van der Waals surface area contributed by atoms with Crippen LogP contribution in [0.4, 0.5) is 5.69 Å². The lowest BCUT2D eigenvalue weighted by Crippen LogP contribution is -2.42. The molecule has 1 heterocycles. The summed E-state index contributed by atoms with van der Waals surface area (Å²) in [6, 6.07) is 9.93. The molecule has 2 aromatic rings. The third kappa shape index (κ3) is 7.65. The number of nitrogens with zero attached hydrogens (tertiary/aromatic N) is 3. The first-order valence-corrected chi connectivity index (χ1v) is 11.5. The van der Waals surface area contributed by atoms with Crippen molar-refractivity contribution in [1.82, 2.24) is 10.3 Å². The molecular weight excluding hydrogens is 543 g/mol. The summed E-state index contributed by atoms with van der Waals surface area (Å²) in [5.74, 6) is 0.873. The summed E-state index contributed by atoms with van der Waals surface area (Å²) in [6.07, 6.45) is 1.55. The summed E-state index contributed by atoms with van der Waals surface area (Å²) in [5, 5.41) is 15.0. The smallest absolute Gasteiger partial charge is 0.269 e. The SMILES string of the molecule is CCOc1cc(/C=N/NC(=O)CN2CCOCC2)cc(I)c1OCc1cccc([N+](=O)[O-])c1. The van der Waals surface area contributed by atoms with Gasteiger partial charge in [0.25, 0.3) is 11.6 Å². The first-order chi connectivity index (χ1) is 16.0. The van der Waals surface area contributed by atoms with Crippen LogP contribution in [-0.2, 0) is 16.1 Å². The Labute approximate surface area is 205 Å². The third-order valence-electron chi connectivity index (χ3n) is 4.71. The fourth-order valence-corrected chi connectivity index (χ4v) is 3.94. The number of benzene rings is 2. The zero-order chi connectivity index (χ0) is 23.6. The molecule has 0 aromatic heterocycles. The Hall–Kier alpha value is -2.77. The Morgan fingerprint density at radius 2 is 2.09 bits per heavy atom. The van der Waals surface area contributed by atoms with Crippen LogP contribution in [0.2, 0.25) is 0 Å². The lowest BCUT2D eigenvalue weighted by atomic mass is 10.2. The van der Waals surface area contributed by atoms with Gasteiger partial charge in [-0.3, -0.25) is 19.8 Å². The van der Waals surface area contributed by atoms with Gasteiger partial charge in [-0.1, -0.05) is 12.1 Å². The molecule has 0 unspecified atom stereocenters. The predicted octanol–water partition coefficient (Wildman–Crippen LogP) is 2.96. The van der Waals surface area contributed by atoms with Gasteiger partial charge in [-0.05, 0) is 52.8 Å². The van der Waals surface area contributed by atoms with Crippen molar-refractivity contribution in [3.05, 3.63) is 61.2 Å². The summed E-state index contributed by atoms with van der Waals surface area (Å²) >= 11 is 2.13. The van der Waals surface area contributed by atoms with Crippen LogP contribution < -0.4 is 14.9 Å². The Bertz CT molecular complexity index is 1010. The lowest BCUT2D eigenvalue weighted by Gasteiger charge is -2.25. The predicted molar refractivity (Wildman–Crippen MR) is 131 cm³/mol. The number of hydrazone groups is 1. The number of hydrogen-bond acceptors (Lipinski definition) is 8. The van der Waals surface area contributed by atoms with E-state index in [0.717, 1.165) is 22.2 Å². The minimum Gasteiger partial charge on any atom is -0.490 e. The number of nitro benzene ring substituents is 1. The van der Waals surface area contributed by atoms with Crippen LogP contribution in [0, 0.1) is 13.7 Å². The van der Waals surface area contributed by atoms with E-state index in [2.05, 4.69) is 33.1 Å². The Balaban J connectivity index is 1.64. The molecule has 1 aliphatic rings. The number of rotatable bonds is 10. The molecule has 0 saturated carbocycles. The van der Waals surface area contributed by atoms with E-state index in [1.165, 1.54) is 12.1 Å². The number of ether oxygens (including phenoxy) is 3. The fourth-order valence-electron chi connectivity index (χ4n) is 3.16. The van der Waals surface area contributed by atoms with Crippen molar-refractivity contribution in [3.8, 4) is 11.5 Å². The van der Waals surface area contributed by atoms with Gasteiger partial charge >= 0.3 is 0 Å². The second-order valence-corrected chi connectivity index (χ2v) is 8.32. The number of carbonyl (C=O) groups excluding carboxylic acids is 1. The van der Waals surface area contributed by atoms with Crippen LogP contribution >= 0.6 is 22.6 Å². The summed E-state index contributed by atoms with van der Waals surface area (Å²) in [5.41, 5.74) is 3.97. The normalized spacial score (nSPS) is 14.2. The van der Waals surface area contributed by atoms with Gasteiger partial charge in [-0.2, -0.15) is 5.10 Å². The number of carbonyl (C=O) groups is 1. The van der Waals surface area contributed by atoms with Gasteiger partial charge in [-0.15, -0.1) is 0 Å². The van der Waals surface area contributed by atoms with Crippen molar-refractivity contribution in [1.29, 1.82) is 0 Å². The number of morpholine rings is 1. The molecule has 1 saturated heterocycles. The second-order valence-electron chi connectivity index (χ2n) is 7.16. The Morgan fingerprint density at radius 1 is 1.30 bits per heavy atom. The average Bonchev–Trinajstić information content (AvgIpc) is 2.79. The molecule has 2 aromatic carbocycles. The maximum atomic E-state index is 12.1. The van der Waals surface area contributed by atoms with Gasteiger partial charge in [0.2, 0.25) is 0 Å². The van der Waals surface area contributed by atoms with Crippen molar-refractivity contribution < 1.29 is 23.9 Å². The standard InChI is InChI=1S/C22H25IN4O6/c1-2-32-20-12-17(13-24-25-21(28)14-26-6-8-31-9-7-26)11-19(23)22(20)33-15-16-4-3-5-18(10-16)27(29)30/h3-5,10-13H,2,6-9,14-15H2,1H3,(H,25,28)/b24-13+. The van der Waals surface area contributed by atoms with E-state index >= 15 is 0 Å². The molecule has 176 valence electrons. The molecule has 0 bridgehead atoms. The topological polar surface area (TPSA) is 116 Å². The van der Waals surface area contributed by atoms with E-state index in [4.69, 9.17) is 14.2 Å². The minimum atomic E-state index is -0.438. The molecule has 1 fully saturated rings. The monoisotopic (exact) mass is 568 g/mol. The highest BCUT2D eigenvalue weighted by molar-refractivity contribution is 14.1. The van der Waals surface area contributed by atoms with Crippen LogP contribution in [0.15, 0.2) is 41.5 Å². The molecule has 0 atom stereocenters. The number of halogens is 1. The summed E-state index contributed by atoms with van der Waals surface area (Å²) in [4.78, 5) is 24.6. The highest BCUT2D eigenvalue weighted by Gasteiger charge is 2.15. The number of non-ortho nitro benzene ring substituents is 1. The van der Waals surface area contributed by atoms with Crippen LogP contribution in [0.25, 0.3) is 0 Å². The fraction of sp³-hybridized carbons (Fsp3) is 0.364. The highest BCUT2D eigenvalue weighted by atomic mass is 127. The first-order valence-electron chi connectivity index (χ1n) is 10.4. The number of hydrogen-bond donors (Lipinski definition) is 1. The van der Waals surface area contributed by atoms with E-state index in [9.17, 15) is 14.9 Å². The molecule has 0 radical (unpaired) electrons. The minimum absolute atomic E-state index is 0.0121. The van der Waals surface area contributed by atoms with Gasteiger partial charge in [0.15, 0.2) is 11.5 Å². The molecule has 1 N–H and O–H groups in total. The Morgan fingerprint density at radius 3 is 2.82 bits per heavy atom. The van der Waals surface area contributed by atoms with Gasteiger partial charge in [0, 0.05) is 25.2 Å². The quantitative estimate of drug-likeness (QED) is 0.203. The number of amides is 1. The van der Waals surface area contributed by atoms with Crippen LogP contribution in [0.3, 0.4) is 0 Å². The van der Waals surface area contributed by atoms with Gasteiger partial charge < -0.3 is 14.2 Å². The first kappa shape index (κ1) is 24.9. The van der Waals surface area contributed by atoms with Crippen molar-refractivity contribution in [2.45, 2.75) is 13.5 Å². The summed E-state index contributed by atoms with van der Waals surface area (Å²) < 4.78 is 17.7. The molecule has 1 aliphatic heterocycles. The number of nitrogens with one attached hydrogen (secondary N) is 1. The van der Waals surface area contributed by atoms with Gasteiger partial charge in [-0.25, -0.2) is 5.43 Å². The van der Waals surface area contributed by atoms with Crippen LogP contribution in [0.1, 0.15) is 18.1 Å². The maximum absolute atomic E-state index is 12.1. The van der Waals surface area contributed by atoms with Crippen molar-refractivity contribution in [2.24, 2.45) is 5.10 Å². The second kappa shape index (κ2) is 12.5. The van der Waals surface area contributed by atoms with Crippen molar-refractivity contribution >= 4 is 40.4 Å². The zero-order valence-electron chi connectivity index (χ0n) is 18.2.